The van der Waals surface area contributed by atoms with Crippen molar-refractivity contribution in [1.29, 1.82) is 0 Å². The van der Waals surface area contributed by atoms with Crippen LogP contribution in [0.2, 0.25) is 0 Å². The van der Waals surface area contributed by atoms with E-state index >= 15 is 0 Å². The number of ether oxygens (including phenoxy) is 3. The predicted octanol–water partition coefficient (Wildman–Crippen LogP) is 1.20. The first kappa shape index (κ1) is 16.8. The van der Waals surface area contributed by atoms with E-state index in [4.69, 9.17) is 14.2 Å². The number of nitrogens with zero attached hydrogens (tertiary/aromatic N) is 1. The van der Waals surface area contributed by atoms with Crippen molar-refractivity contribution in [2.24, 2.45) is 0 Å². The molecule has 0 bridgehead atoms. The molecule has 22 heavy (non-hydrogen) atoms. The quantitative estimate of drug-likeness (QED) is 0.771. The molecule has 124 valence electrons. The van der Waals surface area contributed by atoms with Crippen LogP contribution >= 0.6 is 0 Å². The topological polar surface area (TPSA) is 85.3 Å². The Kier molecular flexibility index (Phi) is 4.23. The molecule has 0 aliphatic carbocycles. The van der Waals surface area contributed by atoms with Gasteiger partial charge in [0.2, 0.25) is 0 Å². The zero-order valence-electron chi connectivity index (χ0n) is 13.5. The van der Waals surface area contributed by atoms with Crippen molar-refractivity contribution in [1.82, 2.24) is 4.90 Å². The maximum absolute atomic E-state index is 12.5. The summed E-state index contributed by atoms with van der Waals surface area (Å²) in [4.78, 5) is 25.0. The van der Waals surface area contributed by atoms with Gasteiger partial charge in [0.25, 0.3) is 0 Å². The van der Waals surface area contributed by atoms with E-state index in [0.29, 0.717) is 0 Å². The summed E-state index contributed by atoms with van der Waals surface area (Å²) in [6.45, 7) is 8.88. The van der Waals surface area contributed by atoms with Crippen molar-refractivity contribution in [2.75, 3.05) is 6.61 Å². The Morgan fingerprint density at radius 1 is 1.50 bits per heavy atom. The molecule has 1 saturated heterocycles. The van der Waals surface area contributed by atoms with Gasteiger partial charge >= 0.3 is 12.1 Å². The highest BCUT2D eigenvalue weighted by molar-refractivity contribution is 5.84. The number of rotatable bonds is 2. The molecule has 0 aromatic rings. The molecule has 0 unspecified atom stereocenters. The van der Waals surface area contributed by atoms with Crippen LogP contribution in [-0.4, -0.2) is 58.3 Å². The first-order valence-corrected chi connectivity index (χ1v) is 7.24. The lowest BCUT2D eigenvalue weighted by Crippen LogP contribution is -2.55. The predicted molar refractivity (Wildman–Crippen MR) is 76.9 cm³/mol. The molecular formula is C15H23NO6. The molecule has 2 rings (SSSR count). The zero-order valence-corrected chi connectivity index (χ0v) is 13.5. The average molecular weight is 313 g/mol. The van der Waals surface area contributed by atoms with Crippen molar-refractivity contribution in [2.45, 2.75) is 64.2 Å². The number of carbonyl (C=O) groups is 2. The molecule has 7 nitrogen and oxygen atoms in total. The Morgan fingerprint density at radius 3 is 2.64 bits per heavy atom. The van der Waals surface area contributed by atoms with E-state index in [1.807, 2.05) is 0 Å². The highest BCUT2D eigenvalue weighted by Crippen LogP contribution is 2.32. The number of aliphatic hydroxyl groups is 1. The summed E-state index contributed by atoms with van der Waals surface area (Å²) in [7, 11) is 0. The number of carbonyl (C=O) groups excluding carboxylic acids is 2. The van der Waals surface area contributed by atoms with Gasteiger partial charge in [-0.1, -0.05) is 0 Å². The second kappa shape index (κ2) is 5.55. The van der Waals surface area contributed by atoms with Gasteiger partial charge in [-0.25, -0.2) is 9.59 Å². The van der Waals surface area contributed by atoms with Crippen LogP contribution < -0.4 is 0 Å². The molecule has 3 atom stereocenters. The molecule has 2 heterocycles. The first-order chi connectivity index (χ1) is 10.0. The van der Waals surface area contributed by atoms with Crippen LogP contribution in [0.1, 0.15) is 34.6 Å². The smallest absolute Gasteiger partial charge is 0.412 e. The first-order valence-electron chi connectivity index (χ1n) is 7.24. The molecule has 7 heteroatoms. The van der Waals surface area contributed by atoms with E-state index in [2.05, 4.69) is 0 Å². The van der Waals surface area contributed by atoms with Crippen LogP contribution in [0.25, 0.3) is 0 Å². The van der Waals surface area contributed by atoms with E-state index < -0.39 is 41.6 Å². The van der Waals surface area contributed by atoms with E-state index in [0.717, 1.165) is 0 Å². The van der Waals surface area contributed by atoms with Gasteiger partial charge in [-0.3, -0.25) is 4.90 Å². The van der Waals surface area contributed by atoms with E-state index in [9.17, 15) is 14.7 Å². The number of hydrogen-bond donors (Lipinski definition) is 1. The summed E-state index contributed by atoms with van der Waals surface area (Å²) >= 11 is 0. The third-order valence-electron chi connectivity index (χ3n) is 3.51. The summed E-state index contributed by atoms with van der Waals surface area (Å²) in [5.74, 6) is -0.508. The number of cyclic esters (lactones) is 1. The van der Waals surface area contributed by atoms with Gasteiger partial charge in [0.05, 0.1) is 12.6 Å². The summed E-state index contributed by atoms with van der Waals surface area (Å²) in [5, 5.41) is 10.5. The zero-order chi connectivity index (χ0) is 16.7. The Balaban J connectivity index is 2.17. The van der Waals surface area contributed by atoms with Gasteiger partial charge < -0.3 is 19.3 Å². The molecule has 2 aliphatic rings. The van der Waals surface area contributed by atoms with Gasteiger partial charge in [-0.15, -0.1) is 0 Å². The molecule has 0 radical (unpaired) electrons. The average Bonchev–Trinajstić information content (AvgIpc) is 2.89. The molecule has 0 aromatic carbocycles. The lowest BCUT2D eigenvalue weighted by atomic mass is 10.0. The van der Waals surface area contributed by atoms with Crippen molar-refractivity contribution in [3.8, 4) is 0 Å². The van der Waals surface area contributed by atoms with E-state index in [-0.39, 0.29) is 6.61 Å². The van der Waals surface area contributed by atoms with Gasteiger partial charge in [0.1, 0.15) is 23.5 Å². The number of hydrogen-bond acceptors (Lipinski definition) is 6. The molecular weight excluding hydrogens is 290 g/mol. The Morgan fingerprint density at radius 2 is 2.14 bits per heavy atom. The molecule has 1 amide bonds. The second-order valence-electron chi connectivity index (χ2n) is 6.93. The van der Waals surface area contributed by atoms with E-state index in [1.54, 1.807) is 34.6 Å². The summed E-state index contributed by atoms with van der Waals surface area (Å²) in [5.41, 5.74) is -1.58. The minimum Gasteiger partial charge on any atom is -0.452 e. The normalized spacial score (nSPS) is 28.6. The van der Waals surface area contributed by atoms with Gasteiger partial charge in [0.15, 0.2) is 0 Å². The van der Waals surface area contributed by atoms with Crippen LogP contribution in [0.5, 0.6) is 0 Å². The number of aliphatic hydroxyl groups excluding tert-OH is 1. The lowest BCUT2D eigenvalue weighted by Gasteiger charge is -2.37. The van der Waals surface area contributed by atoms with Crippen LogP contribution in [0.15, 0.2) is 12.2 Å². The SMILES string of the molecule is CC(C)(C)OC(=O)N1[C@@H]([C@@H](O)[C@@H]2C=CC(=O)O2)COC1(C)C. The van der Waals surface area contributed by atoms with Crippen LogP contribution in [0, 0.1) is 0 Å². The molecule has 0 saturated carbocycles. The molecule has 2 aliphatic heterocycles. The third-order valence-corrected chi connectivity index (χ3v) is 3.51. The van der Waals surface area contributed by atoms with Crippen LogP contribution in [0.4, 0.5) is 4.79 Å². The van der Waals surface area contributed by atoms with Gasteiger partial charge in [0, 0.05) is 6.08 Å². The lowest BCUT2D eigenvalue weighted by molar-refractivity contribution is -0.144. The van der Waals surface area contributed by atoms with Crippen LogP contribution in [-0.2, 0) is 19.0 Å². The fraction of sp³-hybridized carbons (Fsp3) is 0.733. The number of amides is 1. The summed E-state index contributed by atoms with van der Waals surface area (Å²) < 4.78 is 16.0. The number of esters is 1. The maximum atomic E-state index is 12.5. The molecule has 0 aromatic heterocycles. The van der Waals surface area contributed by atoms with Gasteiger partial charge in [-0.05, 0) is 40.7 Å². The van der Waals surface area contributed by atoms with Gasteiger partial charge in [-0.2, -0.15) is 0 Å². The fourth-order valence-corrected chi connectivity index (χ4v) is 2.54. The summed E-state index contributed by atoms with van der Waals surface area (Å²) in [6.07, 6.45) is 0.280. The molecule has 1 fully saturated rings. The van der Waals surface area contributed by atoms with Crippen molar-refractivity contribution in [3.63, 3.8) is 0 Å². The maximum Gasteiger partial charge on any atom is 0.412 e. The van der Waals surface area contributed by atoms with Crippen molar-refractivity contribution >= 4 is 12.1 Å². The van der Waals surface area contributed by atoms with Crippen LogP contribution in [0.3, 0.4) is 0 Å². The van der Waals surface area contributed by atoms with Crippen molar-refractivity contribution < 1.29 is 28.9 Å². The minimum atomic E-state index is -1.09. The summed E-state index contributed by atoms with van der Waals surface area (Å²) in [6, 6.07) is -0.662. The third kappa shape index (κ3) is 3.41. The largest absolute Gasteiger partial charge is 0.452 e. The van der Waals surface area contributed by atoms with Crippen molar-refractivity contribution in [3.05, 3.63) is 12.2 Å². The molecule has 0 spiro atoms. The Hall–Kier alpha value is -1.60. The highest BCUT2D eigenvalue weighted by atomic mass is 16.6. The fourth-order valence-electron chi connectivity index (χ4n) is 2.54. The monoisotopic (exact) mass is 313 g/mol. The second-order valence-corrected chi connectivity index (χ2v) is 6.93. The standard InChI is InChI=1S/C15H23NO6/c1-14(2,3)22-13(19)16-9(8-20-15(16,4)5)12(18)10-6-7-11(17)21-10/h6-7,9-10,12,18H,8H2,1-5H3/t9-,10+,12-/m1/s1. The Labute approximate surface area is 129 Å². The minimum absolute atomic E-state index is 0.134. The molecule has 1 N–H and O–H groups in total. The highest BCUT2D eigenvalue weighted by Gasteiger charge is 2.50. The van der Waals surface area contributed by atoms with E-state index in [1.165, 1.54) is 17.1 Å². The Bertz CT molecular complexity index is 493.